The summed E-state index contributed by atoms with van der Waals surface area (Å²) in [7, 11) is 0. The van der Waals surface area contributed by atoms with Gasteiger partial charge in [-0.3, -0.25) is 9.78 Å². The summed E-state index contributed by atoms with van der Waals surface area (Å²) in [5.74, 6) is -0.551. The smallest absolute Gasteiger partial charge is 0.253 e. The van der Waals surface area contributed by atoms with Crippen molar-refractivity contribution in [2.75, 3.05) is 13.2 Å². The number of aliphatic hydroxyl groups is 1. The maximum absolute atomic E-state index is 13.2. The molecule has 22 heavy (non-hydrogen) atoms. The zero-order valence-corrected chi connectivity index (χ0v) is 13.1. The Morgan fingerprint density at radius 2 is 2.09 bits per heavy atom. The lowest BCUT2D eigenvalue weighted by Crippen LogP contribution is -2.35. The summed E-state index contributed by atoms with van der Waals surface area (Å²) in [5, 5.41) is 12.6. The first-order chi connectivity index (χ1) is 10.3. The van der Waals surface area contributed by atoms with Crippen molar-refractivity contribution < 1.29 is 14.3 Å². The topological polar surface area (TPSA) is 62.2 Å². The van der Waals surface area contributed by atoms with Crippen LogP contribution in [0, 0.1) is 18.2 Å². The van der Waals surface area contributed by atoms with Crippen molar-refractivity contribution in [2.45, 2.75) is 27.2 Å². The summed E-state index contributed by atoms with van der Waals surface area (Å²) in [6, 6.07) is 6.05. The number of pyridine rings is 1. The van der Waals surface area contributed by atoms with E-state index in [0.29, 0.717) is 29.7 Å². The van der Waals surface area contributed by atoms with Gasteiger partial charge in [-0.2, -0.15) is 0 Å². The van der Waals surface area contributed by atoms with Crippen LogP contribution in [-0.4, -0.2) is 29.1 Å². The predicted molar refractivity (Wildman–Crippen MR) is 84.3 cm³/mol. The lowest BCUT2D eigenvalue weighted by atomic mass is 9.89. The van der Waals surface area contributed by atoms with Crippen LogP contribution in [0.4, 0.5) is 4.39 Å². The van der Waals surface area contributed by atoms with E-state index in [1.54, 1.807) is 19.1 Å². The Morgan fingerprint density at radius 1 is 1.36 bits per heavy atom. The zero-order valence-electron chi connectivity index (χ0n) is 13.1. The van der Waals surface area contributed by atoms with E-state index in [1.807, 2.05) is 13.8 Å². The average molecular weight is 304 g/mol. The number of aliphatic hydroxyl groups excluding tert-OH is 1. The molecule has 2 N–H and O–H groups in total. The summed E-state index contributed by atoms with van der Waals surface area (Å²) in [6.45, 7) is 6.26. The van der Waals surface area contributed by atoms with Gasteiger partial charge < -0.3 is 10.4 Å². The highest BCUT2D eigenvalue weighted by molar-refractivity contribution is 5.98. The highest BCUT2D eigenvalue weighted by atomic mass is 19.1. The van der Waals surface area contributed by atoms with Crippen LogP contribution in [0.25, 0.3) is 10.9 Å². The number of aryl methyl sites for hydroxylation is 1. The van der Waals surface area contributed by atoms with Crippen molar-refractivity contribution >= 4 is 16.8 Å². The molecule has 0 atom stereocenters. The average Bonchev–Trinajstić information content (AvgIpc) is 2.44. The van der Waals surface area contributed by atoms with Gasteiger partial charge in [0.2, 0.25) is 0 Å². The van der Waals surface area contributed by atoms with E-state index in [2.05, 4.69) is 10.3 Å². The number of hydrogen-bond acceptors (Lipinski definition) is 3. The summed E-state index contributed by atoms with van der Waals surface area (Å²) >= 11 is 0. The normalized spacial score (nSPS) is 11.7. The van der Waals surface area contributed by atoms with Crippen LogP contribution in [0.15, 0.2) is 24.3 Å². The number of benzene rings is 1. The number of nitrogens with zero attached hydrogens (tertiary/aromatic N) is 1. The number of aromatic nitrogens is 1. The number of rotatable bonds is 5. The fraction of sp³-hybridized carbons (Fsp3) is 0.412. The predicted octanol–water partition coefficient (Wildman–Crippen LogP) is 2.82. The Kier molecular flexibility index (Phi) is 4.76. The molecule has 118 valence electrons. The van der Waals surface area contributed by atoms with Crippen molar-refractivity contribution in [1.82, 2.24) is 10.3 Å². The lowest BCUT2D eigenvalue weighted by molar-refractivity contribution is 0.0927. The molecule has 1 amide bonds. The van der Waals surface area contributed by atoms with Crippen LogP contribution in [0.3, 0.4) is 0 Å². The third-order valence-electron chi connectivity index (χ3n) is 3.73. The minimum Gasteiger partial charge on any atom is -0.396 e. The van der Waals surface area contributed by atoms with Crippen molar-refractivity contribution in [2.24, 2.45) is 5.41 Å². The van der Waals surface area contributed by atoms with Gasteiger partial charge in [-0.25, -0.2) is 4.39 Å². The monoisotopic (exact) mass is 304 g/mol. The first-order valence-corrected chi connectivity index (χ1v) is 7.28. The van der Waals surface area contributed by atoms with Gasteiger partial charge in [0.15, 0.2) is 0 Å². The molecule has 0 saturated carbocycles. The number of nitrogens with one attached hydrogen (secondary N) is 1. The molecule has 0 fully saturated rings. The molecule has 2 aromatic rings. The first-order valence-electron chi connectivity index (χ1n) is 7.28. The highest BCUT2D eigenvalue weighted by Gasteiger charge is 2.19. The molecule has 0 unspecified atom stereocenters. The van der Waals surface area contributed by atoms with Crippen LogP contribution < -0.4 is 5.32 Å². The third-order valence-corrected chi connectivity index (χ3v) is 3.73. The maximum Gasteiger partial charge on any atom is 0.253 e. The lowest BCUT2D eigenvalue weighted by Gasteiger charge is -2.24. The Balaban J connectivity index is 2.21. The van der Waals surface area contributed by atoms with Gasteiger partial charge in [-0.1, -0.05) is 13.8 Å². The largest absolute Gasteiger partial charge is 0.396 e. The second kappa shape index (κ2) is 6.40. The molecule has 1 aromatic heterocycles. The van der Waals surface area contributed by atoms with Gasteiger partial charge in [0.05, 0.1) is 16.8 Å². The molecular formula is C17H21FN2O2. The van der Waals surface area contributed by atoms with E-state index in [1.165, 1.54) is 12.1 Å². The van der Waals surface area contributed by atoms with Crippen molar-refractivity contribution in [3.63, 3.8) is 0 Å². The quantitative estimate of drug-likeness (QED) is 0.893. The second-order valence-corrected chi connectivity index (χ2v) is 6.28. The van der Waals surface area contributed by atoms with Crippen molar-refractivity contribution in [1.29, 1.82) is 0 Å². The van der Waals surface area contributed by atoms with Gasteiger partial charge in [-0.05, 0) is 37.0 Å². The molecule has 1 heterocycles. The summed E-state index contributed by atoms with van der Waals surface area (Å²) in [5.41, 5.74) is 1.41. The van der Waals surface area contributed by atoms with E-state index in [-0.39, 0.29) is 23.7 Å². The minimum absolute atomic E-state index is 0.0883. The van der Waals surface area contributed by atoms with Crippen LogP contribution >= 0.6 is 0 Å². The molecule has 4 nitrogen and oxygen atoms in total. The fourth-order valence-corrected chi connectivity index (χ4v) is 2.27. The third kappa shape index (κ3) is 3.80. The second-order valence-electron chi connectivity index (χ2n) is 6.28. The molecule has 5 heteroatoms. The number of amides is 1. The Bertz CT molecular complexity index is 698. The molecule has 2 rings (SSSR count). The van der Waals surface area contributed by atoms with Crippen LogP contribution in [0.2, 0.25) is 0 Å². The number of fused-ring (bicyclic) bond motifs is 1. The Morgan fingerprint density at radius 3 is 2.77 bits per heavy atom. The van der Waals surface area contributed by atoms with Crippen molar-refractivity contribution in [3.8, 4) is 0 Å². The maximum atomic E-state index is 13.2. The zero-order chi connectivity index (χ0) is 16.3. The highest BCUT2D eigenvalue weighted by Crippen LogP contribution is 2.20. The number of halogens is 1. The fourth-order valence-electron chi connectivity index (χ4n) is 2.27. The Hall–Kier alpha value is -2.01. The molecule has 0 spiro atoms. The molecule has 0 aliphatic rings. The SMILES string of the molecule is Cc1nc2cc(F)ccc2cc1C(=O)NCC(C)(C)CCO. The molecule has 0 bridgehead atoms. The summed E-state index contributed by atoms with van der Waals surface area (Å²) in [4.78, 5) is 16.6. The number of carbonyl (C=O) groups excluding carboxylic acids is 1. The van der Waals surface area contributed by atoms with E-state index in [4.69, 9.17) is 5.11 Å². The molecule has 0 saturated heterocycles. The number of carbonyl (C=O) groups is 1. The van der Waals surface area contributed by atoms with E-state index in [9.17, 15) is 9.18 Å². The molecule has 1 aromatic carbocycles. The van der Waals surface area contributed by atoms with Gasteiger partial charge >= 0.3 is 0 Å². The Labute approximate surface area is 129 Å². The standard InChI is InChI=1S/C17H21FN2O2/c1-11-14(16(22)19-10-17(2,3)6-7-21)8-12-4-5-13(18)9-15(12)20-11/h4-5,8-9,21H,6-7,10H2,1-3H3,(H,19,22). The van der Waals surface area contributed by atoms with Gasteiger partial charge in [-0.15, -0.1) is 0 Å². The van der Waals surface area contributed by atoms with Gasteiger partial charge in [0.25, 0.3) is 5.91 Å². The van der Waals surface area contributed by atoms with E-state index in [0.717, 1.165) is 5.39 Å². The molecular weight excluding hydrogens is 283 g/mol. The van der Waals surface area contributed by atoms with Crippen LogP contribution in [-0.2, 0) is 0 Å². The number of hydrogen-bond donors (Lipinski definition) is 2. The van der Waals surface area contributed by atoms with Gasteiger partial charge in [0.1, 0.15) is 5.82 Å². The van der Waals surface area contributed by atoms with Crippen molar-refractivity contribution in [3.05, 3.63) is 41.3 Å². The first kappa shape index (κ1) is 16.4. The van der Waals surface area contributed by atoms with Crippen LogP contribution in [0.1, 0.15) is 36.3 Å². The summed E-state index contributed by atoms with van der Waals surface area (Å²) < 4.78 is 13.2. The van der Waals surface area contributed by atoms with Gasteiger partial charge in [0, 0.05) is 24.6 Å². The van der Waals surface area contributed by atoms with E-state index >= 15 is 0 Å². The minimum atomic E-state index is -0.345. The van der Waals surface area contributed by atoms with E-state index < -0.39 is 0 Å². The summed E-state index contributed by atoms with van der Waals surface area (Å²) in [6.07, 6.45) is 0.613. The molecule has 0 radical (unpaired) electrons. The van der Waals surface area contributed by atoms with Crippen LogP contribution in [0.5, 0.6) is 0 Å². The molecule has 0 aliphatic carbocycles. The molecule has 0 aliphatic heterocycles.